The molecule has 0 bridgehead atoms. The summed E-state index contributed by atoms with van der Waals surface area (Å²) in [4.78, 5) is 52.1. The topological polar surface area (TPSA) is 105 Å². The molecule has 176 valence electrons. The van der Waals surface area contributed by atoms with Crippen LogP contribution < -0.4 is 10.6 Å². The number of carbonyl (C=O) groups is 4. The standard InChI is InChI=1S/C24H29N3O5S/c1-5-27(6-2)23(30)17-9-11-18(12-10-17)25-19(28)13-32-24(31)20-14(3)15(4)33-22(20)26-21(29)16-7-8-16/h9-12,16H,5-8,13H2,1-4H3,(H,25,28)(H,26,29). The molecular weight excluding hydrogens is 442 g/mol. The maximum Gasteiger partial charge on any atom is 0.341 e. The first kappa shape index (κ1) is 24.4. The van der Waals surface area contributed by atoms with Gasteiger partial charge in [0.25, 0.3) is 11.8 Å². The quantitative estimate of drug-likeness (QED) is 0.538. The van der Waals surface area contributed by atoms with Crippen molar-refractivity contribution in [3.63, 3.8) is 0 Å². The van der Waals surface area contributed by atoms with Crippen LogP contribution in [0.3, 0.4) is 0 Å². The lowest BCUT2D eigenvalue weighted by Gasteiger charge is -2.18. The van der Waals surface area contributed by atoms with E-state index in [1.165, 1.54) is 11.3 Å². The predicted molar refractivity (Wildman–Crippen MR) is 128 cm³/mol. The van der Waals surface area contributed by atoms with E-state index in [1.807, 2.05) is 20.8 Å². The van der Waals surface area contributed by atoms with E-state index in [0.717, 1.165) is 23.3 Å². The molecule has 2 aromatic rings. The molecule has 3 amide bonds. The Kier molecular flexibility index (Phi) is 7.86. The number of nitrogens with one attached hydrogen (secondary N) is 2. The number of nitrogens with zero attached hydrogens (tertiary/aromatic N) is 1. The summed E-state index contributed by atoms with van der Waals surface area (Å²) in [6, 6.07) is 6.56. The third kappa shape index (κ3) is 5.98. The first-order valence-electron chi connectivity index (χ1n) is 11.0. The van der Waals surface area contributed by atoms with E-state index in [9.17, 15) is 19.2 Å². The molecule has 3 rings (SSSR count). The van der Waals surface area contributed by atoms with Crippen LogP contribution in [0.4, 0.5) is 10.7 Å². The van der Waals surface area contributed by atoms with E-state index in [-0.39, 0.29) is 17.7 Å². The molecule has 9 heteroatoms. The summed E-state index contributed by atoms with van der Waals surface area (Å²) in [5.74, 6) is -1.31. The molecule has 0 saturated heterocycles. The molecule has 1 aromatic heterocycles. The molecule has 1 aromatic carbocycles. The summed E-state index contributed by atoms with van der Waals surface area (Å²) in [5.41, 5.74) is 2.04. The molecule has 1 aliphatic rings. The number of thiophene rings is 1. The van der Waals surface area contributed by atoms with Crippen molar-refractivity contribution in [3.8, 4) is 0 Å². The fraction of sp³-hybridized carbons (Fsp3) is 0.417. The summed E-state index contributed by atoms with van der Waals surface area (Å²) in [7, 11) is 0. The van der Waals surface area contributed by atoms with Gasteiger partial charge in [0.05, 0.1) is 5.56 Å². The number of rotatable bonds is 9. The van der Waals surface area contributed by atoms with Crippen molar-refractivity contribution in [1.29, 1.82) is 0 Å². The number of carbonyl (C=O) groups excluding carboxylic acids is 4. The molecule has 33 heavy (non-hydrogen) atoms. The van der Waals surface area contributed by atoms with Gasteiger partial charge in [-0.3, -0.25) is 14.4 Å². The minimum atomic E-state index is -0.654. The second kappa shape index (κ2) is 10.6. The number of ether oxygens (including phenoxy) is 1. The molecule has 1 heterocycles. The summed E-state index contributed by atoms with van der Waals surface area (Å²) < 4.78 is 5.22. The molecule has 0 atom stereocenters. The Labute approximate surface area is 197 Å². The van der Waals surface area contributed by atoms with Gasteiger partial charge in [-0.25, -0.2) is 4.79 Å². The maximum atomic E-state index is 12.7. The van der Waals surface area contributed by atoms with Crippen LogP contribution in [0.15, 0.2) is 24.3 Å². The minimum absolute atomic E-state index is 0.0102. The zero-order valence-corrected chi connectivity index (χ0v) is 20.1. The van der Waals surface area contributed by atoms with Gasteiger partial charge in [-0.1, -0.05) is 0 Å². The molecule has 1 fully saturated rings. The predicted octanol–water partition coefficient (Wildman–Crippen LogP) is 3.99. The molecule has 0 aliphatic heterocycles. The summed E-state index contributed by atoms with van der Waals surface area (Å²) >= 11 is 1.32. The monoisotopic (exact) mass is 471 g/mol. The first-order valence-corrected chi connectivity index (χ1v) is 11.8. The van der Waals surface area contributed by atoms with Gasteiger partial charge in [0.15, 0.2) is 6.61 Å². The van der Waals surface area contributed by atoms with Gasteiger partial charge >= 0.3 is 5.97 Å². The van der Waals surface area contributed by atoms with E-state index in [0.29, 0.717) is 34.9 Å². The average Bonchev–Trinajstić information content (AvgIpc) is 3.60. The van der Waals surface area contributed by atoms with Crippen molar-refractivity contribution in [1.82, 2.24) is 4.90 Å². The van der Waals surface area contributed by atoms with E-state index in [4.69, 9.17) is 4.74 Å². The van der Waals surface area contributed by atoms with Crippen LogP contribution in [0, 0.1) is 19.8 Å². The highest BCUT2D eigenvalue weighted by molar-refractivity contribution is 7.16. The number of benzene rings is 1. The Balaban J connectivity index is 1.57. The number of hydrogen-bond acceptors (Lipinski definition) is 6. The van der Waals surface area contributed by atoms with Crippen LogP contribution in [0.25, 0.3) is 0 Å². The van der Waals surface area contributed by atoms with Crippen molar-refractivity contribution >= 4 is 45.7 Å². The van der Waals surface area contributed by atoms with Crippen LogP contribution in [-0.4, -0.2) is 48.3 Å². The summed E-state index contributed by atoms with van der Waals surface area (Å²) in [6.07, 6.45) is 1.72. The second-order valence-corrected chi connectivity index (χ2v) is 9.15. The zero-order valence-electron chi connectivity index (χ0n) is 19.3. The Morgan fingerprint density at radius 1 is 1.03 bits per heavy atom. The number of aryl methyl sites for hydroxylation is 1. The highest BCUT2D eigenvalue weighted by Crippen LogP contribution is 2.36. The lowest BCUT2D eigenvalue weighted by Crippen LogP contribution is -2.30. The van der Waals surface area contributed by atoms with Crippen molar-refractivity contribution in [2.45, 2.75) is 40.5 Å². The smallest absolute Gasteiger partial charge is 0.341 e. The average molecular weight is 472 g/mol. The summed E-state index contributed by atoms with van der Waals surface area (Å²) in [6.45, 7) is 8.26. The Morgan fingerprint density at radius 3 is 2.24 bits per heavy atom. The van der Waals surface area contributed by atoms with Gasteiger partial charge in [-0.05, 0) is 70.4 Å². The van der Waals surface area contributed by atoms with Crippen molar-refractivity contribution < 1.29 is 23.9 Å². The lowest BCUT2D eigenvalue weighted by molar-refractivity contribution is -0.119. The van der Waals surface area contributed by atoms with E-state index in [1.54, 1.807) is 36.1 Å². The Hall–Kier alpha value is -3.20. The van der Waals surface area contributed by atoms with Crippen molar-refractivity contribution in [2.24, 2.45) is 5.92 Å². The highest BCUT2D eigenvalue weighted by atomic mass is 32.1. The van der Waals surface area contributed by atoms with Crippen LogP contribution in [-0.2, 0) is 14.3 Å². The second-order valence-electron chi connectivity index (χ2n) is 7.93. The van der Waals surface area contributed by atoms with Crippen LogP contribution in [0.1, 0.15) is 57.8 Å². The number of hydrogen-bond donors (Lipinski definition) is 2. The SMILES string of the molecule is CCN(CC)C(=O)c1ccc(NC(=O)COC(=O)c2c(NC(=O)C3CC3)sc(C)c2C)cc1. The molecular formula is C24H29N3O5S. The van der Waals surface area contributed by atoms with Gasteiger partial charge in [-0.2, -0.15) is 0 Å². The van der Waals surface area contributed by atoms with Crippen LogP contribution in [0.2, 0.25) is 0 Å². The van der Waals surface area contributed by atoms with Gasteiger partial charge in [0, 0.05) is 35.1 Å². The van der Waals surface area contributed by atoms with Gasteiger partial charge in [-0.15, -0.1) is 11.3 Å². The highest BCUT2D eigenvalue weighted by Gasteiger charge is 2.31. The van der Waals surface area contributed by atoms with Crippen LogP contribution >= 0.6 is 11.3 Å². The fourth-order valence-electron chi connectivity index (χ4n) is 3.31. The molecule has 0 spiro atoms. The number of anilines is 2. The Bertz CT molecular complexity index is 1050. The molecule has 1 aliphatic carbocycles. The zero-order chi connectivity index (χ0) is 24.1. The molecule has 8 nitrogen and oxygen atoms in total. The third-order valence-electron chi connectivity index (χ3n) is 5.57. The number of esters is 1. The lowest BCUT2D eigenvalue weighted by atomic mass is 10.1. The van der Waals surface area contributed by atoms with E-state index in [2.05, 4.69) is 10.6 Å². The van der Waals surface area contributed by atoms with E-state index >= 15 is 0 Å². The molecule has 2 N–H and O–H groups in total. The van der Waals surface area contributed by atoms with Crippen molar-refractivity contribution in [3.05, 3.63) is 45.8 Å². The Morgan fingerprint density at radius 2 is 1.67 bits per heavy atom. The maximum absolute atomic E-state index is 12.7. The minimum Gasteiger partial charge on any atom is -0.452 e. The summed E-state index contributed by atoms with van der Waals surface area (Å²) in [5, 5.41) is 5.93. The van der Waals surface area contributed by atoms with Gasteiger partial charge in [0.2, 0.25) is 5.91 Å². The molecule has 1 saturated carbocycles. The van der Waals surface area contributed by atoms with Crippen molar-refractivity contribution in [2.75, 3.05) is 30.3 Å². The normalized spacial score (nSPS) is 12.7. The van der Waals surface area contributed by atoms with Gasteiger partial charge in [0.1, 0.15) is 5.00 Å². The third-order valence-corrected chi connectivity index (χ3v) is 6.70. The molecule has 0 unspecified atom stereocenters. The van der Waals surface area contributed by atoms with Gasteiger partial charge < -0.3 is 20.3 Å². The molecule has 0 radical (unpaired) electrons. The van der Waals surface area contributed by atoms with Crippen LogP contribution in [0.5, 0.6) is 0 Å². The fourth-order valence-corrected chi connectivity index (χ4v) is 4.36. The first-order chi connectivity index (χ1) is 15.7. The van der Waals surface area contributed by atoms with E-state index < -0.39 is 18.5 Å². The number of amides is 3. The largest absolute Gasteiger partial charge is 0.452 e.